The largest absolute Gasteiger partial charge is 0.359 e. The average molecular weight is 256 g/mol. The van der Waals surface area contributed by atoms with E-state index in [-0.39, 0.29) is 11.7 Å². The molecule has 1 nitrogen and oxygen atoms in total. The van der Waals surface area contributed by atoms with Crippen molar-refractivity contribution in [2.24, 2.45) is 17.8 Å². The molecule has 0 aromatic rings. The van der Waals surface area contributed by atoms with Gasteiger partial charge in [-0.1, -0.05) is 31.2 Å². The van der Waals surface area contributed by atoms with Crippen molar-refractivity contribution in [1.29, 1.82) is 0 Å². The van der Waals surface area contributed by atoms with Crippen molar-refractivity contribution in [2.75, 3.05) is 0 Å². The van der Waals surface area contributed by atoms with Crippen LogP contribution in [0.5, 0.6) is 0 Å². The Balaban J connectivity index is 1.82. The molecule has 1 saturated heterocycles. The number of hydrogen-bond donors (Lipinski definition) is 0. The van der Waals surface area contributed by atoms with E-state index in [2.05, 4.69) is 32.6 Å². The zero-order chi connectivity index (χ0) is 13.2. The van der Waals surface area contributed by atoms with E-state index >= 15 is 0 Å². The van der Waals surface area contributed by atoms with Crippen molar-refractivity contribution in [2.45, 2.75) is 57.7 Å². The van der Waals surface area contributed by atoms with Gasteiger partial charge >= 0.3 is 0 Å². The van der Waals surface area contributed by atoms with Gasteiger partial charge in [-0.15, -0.1) is 0 Å². The van der Waals surface area contributed by atoms with E-state index in [1.165, 1.54) is 43.3 Å². The highest BCUT2D eigenvalue weighted by Gasteiger charge is 2.53. The molecule has 1 spiro atoms. The standard InChI is InChI=1S/C18H24O/c1-11(2)14-9-12(3)15-10-13-5-4-7-18(13)8-6-16(19-18)17(14)15/h6,8,12-13,15-16H,1,4-5,7,9-10H2,2-3H3. The lowest BCUT2D eigenvalue weighted by molar-refractivity contribution is -0.0269. The van der Waals surface area contributed by atoms with Crippen LogP contribution in [0.1, 0.15) is 46.0 Å². The molecule has 2 aliphatic heterocycles. The molecule has 0 aromatic carbocycles. The Morgan fingerprint density at radius 1 is 1.47 bits per heavy atom. The van der Waals surface area contributed by atoms with Crippen LogP contribution in [0, 0.1) is 17.8 Å². The van der Waals surface area contributed by atoms with Crippen LogP contribution in [0.15, 0.2) is 35.5 Å². The maximum Gasteiger partial charge on any atom is 0.0988 e. The van der Waals surface area contributed by atoms with Gasteiger partial charge in [0, 0.05) is 0 Å². The molecule has 19 heavy (non-hydrogen) atoms. The molecule has 2 fully saturated rings. The van der Waals surface area contributed by atoms with Crippen LogP contribution in [0.25, 0.3) is 0 Å². The molecular formula is C18H24O. The number of ether oxygens (including phenoxy) is 1. The van der Waals surface area contributed by atoms with E-state index < -0.39 is 0 Å². The van der Waals surface area contributed by atoms with E-state index in [0.717, 1.165) is 17.8 Å². The molecule has 0 radical (unpaired) electrons. The Morgan fingerprint density at radius 2 is 2.32 bits per heavy atom. The third-order valence-electron chi connectivity index (χ3n) is 6.03. The molecule has 0 aromatic heterocycles. The van der Waals surface area contributed by atoms with Crippen LogP contribution in [0.2, 0.25) is 0 Å². The molecule has 2 heterocycles. The lowest BCUT2D eigenvalue weighted by atomic mass is 9.77. The van der Waals surface area contributed by atoms with Gasteiger partial charge < -0.3 is 4.74 Å². The molecule has 1 saturated carbocycles. The van der Waals surface area contributed by atoms with E-state index in [4.69, 9.17) is 4.74 Å². The molecule has 0 N–H and O–H groups in total. The van der Waals surface area contributed by atoms with Crippen molar-refractivity contribution in [3.05, 3.63) is 35.5 Å². The van der Waals surface area contributed by atoms with E-state index in [9.17, 15) is 0 Å². The molecule has 5 atom stereocenters. The third kappa shape index (κ3) is 1.51. The molecule has 2 bridgehead atoms. The van der Waals surface area contributed by atoms with Gasteiger partial charge in [0.2, 0.25) is 0 Å². The van der Waals surface area contributed by atoms with Gasteiger partial charge in [0.1, 0.15) is 0 Å². The Labute approximate surface area is 116 Å². The topological polar surface area (TPSA) is 9.23 Å². The number of allylic oxidation sites excluding steroid dienone is 2. The molecule has 102 valence electrons. The van der Waals surface area contributed by atoms with Gasteiger partial charge in [0.25, 0.3) is 0 Å². The van der Waals surface area contributed by atoms with Crippen molar-refractivity contribution in [1.82, 2.24) is 0 Å². The minimum Gasteiger partial charge on any atom is -0.359 e. The lowest BCUT2D eigenvalue weighted by Gasteiger charge is -2.29. The zero-order valence-electron chi connectivity index (χ0n) is 12.1. The van der Waals surface area contributed by atoms with Crippen molar-refractivity contribution in [3.8, 4) is 0 Å². The highest BCUT2D eigenvalue weighted by Crippen LogP contribution is 2.56. The van der Waals surface area contributed by atoms with Crippen LogP contribution in [0.4, 0.5) is 0 Å². The number of fused-ring (bicyclic) bond motifs is 3. The molecule has 4 rings (SSSR count). The maximum atomic E-state index is 6.57. The van der Waals surface area contributed by atoms with E-state index in [1.807, 2.05) is 0 Å². The predicted octanol–water partition coefficient (Wildman–Crippen LogP) is 4.41. The Bertz CT molecular complexity index is 498. The quantitative estimate of drug-likeness (QED) is 0.631. The Morgan fingerprint density at radius 3 is 3.11 bits per heavy atom. The van der Waals surface area contributed by atoms with Crippen LogP contribution in [0.3, 0.4) is 0 Å². The smallest absolute Gasteiger partial charge is 0.0988 e. The van der Waals surface area contributed by atoms with Crippen LogP contribution in [-0.4, -0.2) is 11.7 Å². The SMILES string of the molecule is C=C(C)C1=C2C3C=CC4(CCCC4CC2C(C)C1)O3. The maximum absolute atomic E-state index is 6.57. The molecular weight excluding hydrogens is 232 g/mol. The first-order chi connectivity index (χ1) is 9.11. The van der Waals surface area contributed by atoms with Crippen LogP contribution in [-0.2, 0) is 4.74 Å². The third-order valence-corrected chi connectivity index (χ3v) is 6.03. The summed E-state index contributed by atoms with van der Waals surface area (Å²) in [6.45, 7) is 8.79. The number of hydrogen-bond acceptors (Lipinski definition) is 1. The number of rotatable bonds is 1. The normalized spacial score (nSPS) is 47.3. The molecule has 0 amide bonds. The van der Waals surface area contributed by atoms with E-state index in [0.29, 0.717) is 0 Å². The van der Waals surface area contributed by atoms with Crippen LogP contribution < -0.4 is 0 Å². The van der Waals surface area contributed by atoms with Crippen molar-refractivity contribution in [3.63, 3.8) is 0 Å². The Hall–Kier alpha value is -0.820. The summed E-state index contributed by atoms with van der Waals surface area (Å²) in [6.07, 6.45) is 11.5. The summed E-state index contributed by atoms with van der Waals surface area (Å²) in [5.41, 5.74) is 4.46. The summed E-state index contributed by atoms with van der Waals surface area (Å²) in [4.78, 5) is 0. The van der Waals surface area contributed by atoms with Crippen molar-refractivity contribution < 1.29 is 4.74 Å². The first-order valence-corrected chi connectivity index (χ1v) is 7.87. The fourth-order valence-electron chi connectivity index (χ4n) is 5.08. The van der Waals surface area contributed by atoms with Gasteiger partial charge in [-0.3, -0.25) is 0 Å². The second-order valence-corrected chi connectivity index (χ2v) is 7.18. The summed E-state index contributed by atoms with van der Waals surface area (Å²) in [5.74, 6) is 2.27. The highest BCUT2D eigenvalue weighted by atomic mass is 16.5. The lowest BCUT2D eigenvalue weighted by Crippen LogP contribution is -2.32. The first kappa shape index (κ1) is 12.0. The average Bonchev–Trinajstić information content (AvgIpc) is 3.00. The first-order valence-electron chi connectivity index (χ1n) is 7.87. The molecule has 1 heteroatoms. The fraction of sp³-hybridized carbons (Fsp3) is 0.667. The monoisotopic (exact) mass is 256 g/mol. The van der Waals surface area contributed by atoms with Gasteiger partial charge in [-0.2, -0.15) is 0 Å². The van der Waals surface area contributed by atoms with Gasteiger partial charge in [0.05, 0.1) is 11.7 Å². The molecule has 2 aliphatic carbocycles. The van der Waals surface area contributed by atoms with Gasteiger partial charge in [-0.05, 0) is 67.9 Å². The van der Waals surface area contributed by atoms with Gasteiger partial charge in [0.15, 0.2) is 0 Å². The van der Waals surface area contributed by atoms with Crippen molar-refractivity contribution >= 4 is 0 Å². The summed E-state index contributed by atoms with van der Waals surface area (Å²) in [5, 5.41) is 0. The minimum atomic E-state index is 0.0991. The second kappa shape index (κ2) is 3.85. The van der Waals surface area contributed by atoms with E-state index in [1.54, 1.807) is 5.57 Å². The Kier molecular flexibility index (Phi) is 2.42. The minimum absolute atomic E-state index is 0.0991. The second-order valence-electron chi connectivity index (χ2n) is 7.18. The molecule has 5 unspecified atom stereocenters. The summed E-state index contributed by atoms with van der Waals surface area (Å²) < 4.78 is 6.57. The predicted molar refractivity (Wildman–Crippen MR) is 77.8 cm³/mol. The molecule has 4 aliphatic rings. The van der Waals surface area contributed by atoms with Crippen LogP contribution >= 0.6 is 0 Å². The summed E-state index contributed by atoms with van der Waals surface area (Å²) in [7, 11) is 0. The summed E-state index contributed by atoms with van der Waals surface area (Å²) in [6, 6.07) is 0. The zero-order valence-corrected chi connectivity index (χ0v) is 12.1. The fourth-order valence-corrected chi connectivity index (χ4v) is 5.08. The van der Waals surface area contributed by atoms with Gasteiger partial charge in [-0.25, -0.2) is 0 Å². The highest BCUT2D eigenvalue weighted by molar-refractivity contribution is 5.44. The summed E-state index contributed by atoms with van der Waals surface area (Å²) >= 11 is 0.